The monoisotopic (exact) mass is 303 g/mol. The van der Waals surface area contributed by atoms with Gasteiger partial charge in [0.05, 0.1) is 18.9 Å². The number of ether oxygens (including phenoxy) is 2. The first-order valence-electron chi connectivity index (χ1n) is 7.26. The summed E-state index contributed by atoms with van der Waals surface area (Å²) in [5, 5.41) is 22.7. The molecule has 1 aliphatic heterocycles. The number of aromatic nitrogens is 3. The Morgan fingerprint density at radius 3 is 2.91 bits per heavy atom. The molecule has 3 heterocycles. The zero-order valence-corrected chi connectivity index (χ0v) is 12.3. The van der Waals surface area contributed by atoms with Crippen molar-refractivity contribution in [3.8, 4) is 17.0 Å². The summed E-state index contributed by atoms with van der Waals surface area (Å²) in [5.74, 6) is 0.328. The van der Waals surface area contributed by atoms with E-state index in [1.54, 1.807) is 18.3 Å². The van der Waals surface area contributed by atoms with E-state index in [0.717, 1.165) is 37.0 Å². The first-order chi connectivity index (χ1) is 10.7. The molecule has 0 bridgehead atoms. The van der Waals surface area contributed by atoms with Gasteiger partial charge in [-0.05, 0) is 31.4 Å². The Kier molecular flexibility index (Phi) is 4.42. The van der Waals surface area contributed by atoms with E-state index in [2.05, 4.69) is 10.1 Å². The average molecular weight is 303 g/mol. The highest BCUT2D eigenvalue weighted by Gasteiger charge is 2.20. The van der Waals surface area contributed by atoms with Crippen molar-refractivity contribution in [3.05, 3.63) is 24.5 Å². The fraction of sp³-hybridized carbons (Fsp3) is 0.429. The van der Waals surface area contributed by atoms with E-state index in [1.165, 1.54) is 7.11 Å². The molecule has 2 N–H and O–H groups in total. The Hall–Kier alpha value is -1.90. The quantitative estimate of drug-likeness (QED) is 0.791. The van der Waals surface area contributed by atoms with Gasteiger partial charge >= 0.3 is 7.12 Å². The summed E-state index contributed by atoms with van der Waals surface area (Å²) in [5.41, 5.74) is 1.73. The van der Waals surface area contributed by atoms with E-state index < -0.39 is 7.12 Å². The van der Waals surface area contributed by atoms with Gasteiger partial charge in [0.15, 0.2) is 0 Å². The molecule has 0 aromatic carbocycles. The maximum Gasteiger partial charge on any atom is 0.508 e. The lowest BCUT2D eigenvalue weighted by Gasteiger charge is -2.22. The number of nitrogens with zero attached hydrogens (tertiary/aromatic N) is 3. The fourth-order valence-corrected chi connectivity index (χ4v) is 2.54. The van der Waals surface area contributed by atoms with Crippen LogP contribution >= 0.6 is 0 Å². The third-order valence-electron chi connectivity index (χ3n) is 3.70. The molecule has 8 heteroatoms. The Balaban J connectivity index is 1.89. The third kappa shape index (κ3) is 2.99. The predicted molar refractivity (Wildman–Crippen MR) is 80.7 cm³/mol. The van der Waals surface area contributed by atoms with Crippen LogP contribution in [-0.4, -0.2) is 45.6 Å². The van der Waals surface area contributed by atoms with Gasteiger partial charge in [-0.25, -0.2) is 9.67 Å². The normalized spacial score (nSPS) is 18.2. The number of hydrogen-bond acceptors (Lipinski definition) is 6. The zero-order chi connectivity index (χ0) is 15.5. The van der Waals surface area contributed by atoms with E-state index in [-0.39, 0.29) is 11.8 Å². The van der Waals surface area contributed by atoms with E-state index in [4.69, 9.17) is 9.47 Å². The van der Waals surface area contributed by atoms with Crippen molar-refractivity contribution in [1.82, 2.24) is 14.8 Å². The standard InChI is InChI=1S/C14H18BN3O4/c1-21-14-11(5-6-12(17-14)15(19)20)10-8-16-18(9-10)13-4-2-3-7-22-13/h5-6,8-9,13,19-20H,2-4,7H2,1H3. The molecule has 1 saturated heterocycles. The molecule has 0 spiro atoms. The van der Waals surface area contributed by atoms with Gasteiger partial charge in [0.2, 0.25) is 5.88 Å². The van der Waals surface area contributed by atoms with Crippen molar-refractivity contribution >= 4 is 12.7 Å². The van der Waals surface area contributed by atoms with Gasteiger partial charge in [0.25, 0.3) is 0 Å². The summed E-state index contributed by atoms with van der Waals surface area (Å²) < 4.78 is 12.8. The Labute approximate surface area is 128 Å². The predicted octanol–water partition coefficient (Wildman–Crippen LogP) is 0.333. The van der Waals surface area contributed by atoms with E-state index in [9.17, 15) is 10.0 Å². The molecule has 0 saturated carbocycles. The summed E-state index contributed by atoms with van der Waals surface area (Å²) in [4.78, 5) is 4.10. The Bertz CT molecular complexity index is 641. The minimum absolute atomic E-state index is 0.0278. The summed E-state index contributed by atoms with van der Waals surface area (Å²) in [6, 6.07) is 3.29. The first-order valence-corrected chi connectivity index (χ1v) is 7.26. The molecule has 1 fully saturated rings. The van der Waals surface area contributed by atoms with Crippen molar-refractivity contribution in [2.45, 2.75) is 25.5 Å². The maximum absolute atomic E-state index is 9.18. The highest BCUT2D eigenvalue weighted by molar-refractivity contribution is 6.57. The van der Waals surface area contributed by atoms with E-state index >= 15 is 0 Å². The van der Waals surface area contributed by atoms with Crippen LogP contribution in [0.1, 0.15) is 25.5 Å². The largest absolute Gasteiger partial charge is 0.508 e. The minimum Gasteiger partial charge on any atom is -0.481 e. The summed E-state index contributed by atoms with van der Waals surface area (Å²) >= 11 is 0. The molecular weight excluding hydrogens is 285 g/mol. The van der Waals surface area contributed by atoms with Gasteiger partial charge in [0.1, 0.15) is 6.23 Å². The third-order valence-corrected chi connectivity index (χ3v) is 3.70. The van der Waals surface area contributed by atoms with Crippen molar-refractivity contribution in [2.75, 3.05) is 13.7 Å². The Morgan fingerprint density at radius 2 is 2.23 bits per heavy atom. The van der Waals surface area contributed by atoms with Gasteiger partial charge in [-0.2, -0.15) is 5.10 Å². The molecule has 7 nitrogen and oxygen atoms in total. The van der Waals surface area contributed by atoms with Gasteiger partial charge in [-0.1, -0.05) is 0 Å². The minimum atomic E-state index is -1.62. The van der Waals surface area contributed by atoms with E-state index in [0.29, 0.717) is 5.88 Å². The zero-order valence-electron chi connectivity index (χ0n) is 12.3. The molecule has 0 radical (unpaired) electrons. The van der Waals surface area contributed by atoms with Crippen molar-refractivity contribution in [1.29, 1.82) is 0 Å². The van der Waals surface area contributed by atoms with Gasteiger partial charge in [-0.3, -0.25) is 0 Å². The number of methoxy groups -OCH3 is 1. The summed E-state index contributed by atoms with van der Waals surface area (Å²) in [7, 11) is -0.130. The second kappa shape index (κ2) is 6.47. The van der Waals surface area contributed by atoms with Gasteiger partial charge in [-0.15, -0.1) is 0 Å². The molecule has 2 aromatic rings. The molecule has 116 valence electrons. The molecule has 1 atom stereocenters. The van der Waals surface area contributed by atoms with Crippen LogP contribution in [-0.2, 0) is 4.74 Å². The second-order valence-electron chi connectivity index (χ2n) is 5.20. The topological polar surface area (TPSA) is 89.6 Å². The SMILES string of the molecule is COc1nc(B(O)O)ccc1-c1cnn(C2CCCCO2)c1. The van der Waals surface area contributed by atoms with Crippen LogP contribution in [0.15, 0.2) is 24.5 Å². The highest BCUT2D eigenvalue weighted by atomic mass is 16.5. The summed E-state index contributed by atoms with van der Waals surface area (Å²) in [6.45, 7) is 0.758. The lowest BCUT2D eigenvalue weighted by molar-refractivity contribution is -0.0394. The molecule has 0 aliphatic carbocycles. The van der Waals surface area contributed by atoms with Gasteiger partial charge < -0.3 is 19.5 Å². The molecule has 1 aliphatic rings. The average Bonchev–Trinajstić information content (AvgIpc) is 3.04. The maximum atomic E-state index is 9.18. The summed E-state index contributed by atoms with van der Waals surface area (Å²) in [6.07, 6.45) is 6.77. The first kappa shape index (κ1) is 15.0. The van der Waals surface area contributed by atoms with Crippen molar-refractivity contribution in [3.63, 3.8) is 0 Å². The Morgan fingerprint density at radius 1 is 1.36 bits per heavy atom. The molecule has 3 rings (SSSR count). The van der Waals surface area contributed by atoms with Crippen LogP contribution in [0.5, 0.6) is 5.88 Å². The number of rotatable bonds is 4. The van der Waals surface area contributed by atoms with Crippen LogP contribution in [0.2, 0.25) is 0 Å². The fourth-order valence-electron chi connectivity index (χ4n) is 2.54. The molecule has 22 heavy (non-hydrogen) atoms. The van der Waals surface area contributed by atoms with Crippen LogP contribution in [0.3, 0.4) is 0 Å². The van der Waals surface area contributed by atoms with Crippen LogP contribution < -0.4 is 10.3 Å². The van der Waals surface area contributed by atoms with Crippen molar-refractivity contribution in [2.24, 2.45) is 0 Å². The second-order valence-corrected chi connectivity index (χ2v) is 5.20. The van der Waals surface area contributed by atoms with Crippen LogP contribution in [0.4, 0.5) is 0 Å². The smallest absolute Gasteiger partial charge is 0.481 e. The van der Waals surface area contributed by atoms with E-state index in [1.807, 2.05) is 10.9 Å². The van der Waals surface area contributed by atoms with Crippen LogP contribution in [0, 0.1) is 0 Å². The van der Waals surface area contributed by atoms with Crippen molar-refractivity contribution < 1.29 is 19.5 Å². The molecule has 1 unspecified atom stereocenters. The highest BCUT2D eigenvalue weighted by Crippen LogP contribution is 2.29. The lowest BCUT2D eigenvalue weighted by Crippen LogP contribution is -2.32. The number of pyridine rings is 1. The van der Waals surface area contributed by atoms with Gasteiger partial charge in [0, 0.05) is 23.9 Å². The molecular formula is C14H18BN3O4. The molecule has 2 aromatic heterocycles. The molecule has 0 amide bonds. The number of hydrogen-bond donors (Lipinski definition) is 2. The lowest BCUT2D eigenvalue weighted by atomic mass is 9.85. The van der Waals surface area contributed by atoms with Crippen LogP contribution in [0.25, 0.3) is 11.1 Å².